The van der Waals surface area contributed by atoms with Crippen LogP contribution in [-0.2, 0) is 0 Å². The first-order chi connectivity index (χ1) is 12.4. The fourth-order valence-electron chi connectivity index (χ4n) is 2.97. The van der Waals surface area contributed by atoms with Crippen LogP contribution < -0.4 is 5.11 Å². The van der Waals surface area contributed by atoms with Gasteiger partial charge >= 0.3 is 5.97 Å². The van der Waals surface area contributed by atoms with Crippen LogP contribution in [0.5, 0.6) is 0 Å². The van der Waals surface area contributed by atoms with Crippen molar-refractivity contribution in [2.24, 2.45) is 0 Å². The average molecular weight is 362 g/mol. The number of carboxylic acid groups (broad SMARTS) is 2. The smallest absolute Gasteiger partial charge is 0.336 e. The van der Waals surface area contributed by atoms with E-state index in [1.54, 1.807) is 5.84 Å². The summed E-state index contributed by atoms with van der Waals surface area (Å²) in [5.74, 6) is -1.20. The molecule has 1 heterocycles. The molecule has 2 rings (SSSR count). The van der Waals surface area contributed by atoms with Gasteiger partial charge in [0.05, 0.1) is 25.6 Å². The number of carbonyl (C=O) groups is 2. The van der Waals surface area contributed by atoms with Crippen LogP contribution in [0.1, 0.15) is 66.2 Å². The summed E-state index contributed by atoms with van der Waals surface area (Å²) in [7, 11) is 4.43. The lowest BCUT2D eigenvalue weighted by atomic mass is 10.1. The lowest BCUT2D eigenvalue weighted by Gasteiger charge is -2.06. The van der Waals surface area contributed by atoms with Crippen molar-refractivity contribution in [3.63, 3.8) is 0 Å². The molecule has 1 aromatic rings. The summed E-state index contributed by atoms with van der Waals surface area (Å²) in [6.07, 6.45) is 8.20. The molecule has 0 saturated carbocycles. The van der Waals surface area contributed by atoms with Gasteiger partial charge in [0.2, 0.25) is 5.84 Å². The first kappa shape index (κ1) is 21.7. The molecule has 0 aromatic heterocycles. The summed E-state index contributed by atoms with van der Waals surface area (Å²) in [5, 5.41) is 18.9. The van der Waals surface area contributed by atoms with E-state index in [2.05, 4.69) is 30.5 Å². The van der Waals surface area contributed by atoms with Gasteiger partial charge in [0, 0.05) is 12.0 Å². The molecule has 144 valence electrons. The Kier molecular flexibility index (Phi) is 9.41. The third-order valence-electron chi connectivity index (χ3n) is 4.53. The van der Waals surface area contributed by atoms with Gasteiger partial charge in [-0.15, -0.1) is 0 Å². The third-order valence-corrected chi connectivity index (χ3v) is 4.53. The van der Waals surface area contributed by atoms with Gasteiger partial charge in [-0.05, 0) is 12.5 Å². The van der Waals surface area contributed by atoms with Crippen molar-refractivity contribution < 1.29 is 24.4 Å². The number of rotatable bonds is 8. The number of carboxylic acids is 2. The number of aromatic carboxylic acids is 2. The highest BCUT2D eigenvalue weighted by Gasteiger charge is 2.23. The Morgan fingerprint density at radius 1 is 1.15 bits per heavy atom. The number of benzene rings is 1. The SMILES string of the molecule is CCCCCCCC1=[N+](C)CCN1C.O=C([O-])c1ccccc1C(=O)O. The number of likely N-dealkylation sites (N-methyl/N-ethyl adjacent to an activating group) is 2. The Morgan fingerprint density at radius 2 is 1.77 bits per heavy atom. The van der Waals surface area contributed by atoms with Crippen LogP contribution in [0.2, 0.25) is 0 Å². The van der Waals surface area contributed by atoms with Crippen molar-refractivity contribution in [1.82, 2.24) is 4.90 Å². The minimum Gasteiger partial charge on any atom is -0.545 e. The number of unbranched alkanes of at least 4 members (excludes halogenated alkanes) is 4. The van der Waals surface area contributed by atoms with Crippen molar-refractivity contribution in [1.29, 1.82) is 0 Å². The number of amidine groups is 1. The van der Waals surface area contributed by atoms with Gasteiger partial charge in [-0.3, -0.25) is 9.48 Å². The van der Waals surface area contributed by atoms with Crippen LogP contribution >= 0.6 is 0 Å². The molecule has 0 bridgehead atoms. The van der Waals surface area contributed by atoms with Crippen LogP contribution in [0.25, 0.3) is 0 Å². The topological polar surface area (TPSA) is 83.7 Å². The number of carbonyl (C=O) groups excluding carboxylic acids is 1. The Morgan fingerprint density at radius 3 is 2.23 bits per heavy atom. The van der Waals surface area contributed by atoms with E-state index in [0.717, 1.165) is 0 Å². The van der Waals surface area contributed by atoms with Crippen molar-refractivity contribution in [3.8, 4) is 0 Å². The molecular formula is C20H30N2O4. The van der Waals surface area contributed by atoms with Crippen LogP contribution in [0, 0.1) is 0 Å². The minimum absolute atomic E-state index is 0.252. The average Bonchev–Trinajstić information content (AvgIpc) is 2.93. The van der Waals surface area contributed by atoms with Crippen LogP contribution in [0.15, 0.2) is 24.3 Å². The van der Waals surface area contributed by atoms with Crippen molar-refractivity contribution in [2.75, 3.05) is 27.2 Å². The minimum atomic E-state index is -1.48. The second-order valence-corrected chi connectivity index (χ2v) is 6.56. The predicted molar refractivity (Wildman–Crippen MR) is 99.8 cm³/mol. The molecule has 1 aliphatic heterocycles. The molecule has 0 amide bonds. The highest BCUT2D eigenvalue weighted by atomic mass is 16.4. The molecule has 0 radical (unpaired) electrons. The standard InChI is InChI=1S/C12H25N2.C8H6O4/c1-4-5-6-7-8-9-12-13(2)10-11-14(12)3;9-7(10)5-3-1-2-4-6(5)8(11)12/h4-11H2,1-3H3;1-4H,(H,9,10)(H,11,12)/q+1;/p-1. The summed E-state index contributed by atoms with van der Waals surface area (Å²) < 4.78 is 2.40. The van der Waals surface area contributed by atoms with Crippen LogP contribution in [-0.4, -0.2) is 59.5 Å². The summed E-state index contributed by atoms with van der Waals surface area (Å²) in [5.41, 5.74) is -0.553. The lowest BCUT2D eigenvalue weighted by Crippen LogP contribution is -2.24. The normalized spacial score (nSPS) is 13.4. The van der Waals surface area contributed by atoms with E-state index in [1.165, 1.54) is 75.9 Å². The summed E-state index contributed by atoms with van der Waals surface area (Å²) >= 11 is 0. The Balaban J connectivity index is 0.000000263. The second kappa shape index (κ2) is 11.3. The molecule has 0 fully saturated rings. The molecule has 26 heavy (non-hydrogen) atoms. The van der Waals surface area contributed by atoms with Gasteiger partial charge in [-0.25, -0.2) is 4.79 Å². The third kappa shape index (κ3) is 6.86. The largest absolute Gasteiger partial charge is 0.545 e. The molecular weight excluding hydrogens is 332 g/mol. The van der Waals surface area contributed by atoms with E-state index in [4.69, 9.17) is 5.11 Å². The molecule has 1 aromatic carbocycles. The highest BCUT2D eigenvalue weighted by molar-refractivity contribution is 6.00. The van der Waals surface area contributed by atoms with E-state index in [1.807, 2.05) is 0 Å². The first-order valence-corrected chi connectivity index (χ1v) is 9.20. The second-order valence-electron chi connectivity index (χ2n) is 6.56. The summed E-state index contributed by atoms with van der Waals surface area (Å²) in [4.78, 5) is 23.2. The molecule has 0 aliphatic carbocycles. The van der Waals surface area contributed by atoms with Gasteiger partial charge in [-0.2, -0.15) is 0 Å². The zero-order valence-electron chi connectivity index (χ0n) is 16.0. The van der Waals surface area contributed by atoms with Gasteiger partial charge < -0.3 is 15.0 Å². The number of nitrogens with zero attached hydrogens (tertiary/aromatic N) is 2. The predicted octanol–water partition coefficient (Wildman–Crippen LogP) is 2.08. The van der Waals surface area contributed by atoms with Gasteiger partial charge in [0.25, 0.3) is 0 Å². The maximum atomic E-state index is 10.4. The molecule has 0 atom stereocenters. The number of hydrogen-bond acceptors (Lipinski definition) is 4. The van der Waals surface area contributed by atoms with E-state index in [0.29, 0.717) is 0 Å². The van der Waals surface area contributed by atoms with Gasteiger partial charge in [-0.1, -0.05) is 50.8 Å². The molecule has 1 N–H and O–H groups in total. The zero-order chi connectivity index (χ0) is 19.5. The Hall–Kier alpha value is -2.37. The van der Waals surface area contributed by atoms with Crippen LogP contribution in [0.3, 0.4) is 0 Å². The lowest BCUT2D eigenvalue weighted by molar-refractivity contribution is -0.487. The zero-order valence-corrected chi connectivity index (χ0v) is 16.0. The molecule has 1 aliphatic rings. The van der Waals surface area contributed by atoms with Crippen molar-refractivity contribution in [2.45, 2.75) is 45.4 Å². The summed E-state index contributed by atoms with van der Waals surface area (Å²) in [6, 6.07) is 5.31. The van der Waals surface area contributed by atoms with Gasteiger partial charge in [0.1, 0.15) is 13.1 Å². The molecule has 6 heteroatoms. The summed E-state index contributed by atoms with van der Waals surface area (Å²) in [6.45, 7) is 4.69. The van der Waals surface area contributed by atoms with E-state index >= 15 is 0 Å². The van der Waals surface area contributed by atoms with E-state index in [-0.39, 0.29) is 11.1 Å². The van der Waals surface area contributed by atoms with Crippen LogP contribution in [0.4, 0.5) is 0 Å². The monoisotopic (exact) mass is 362 g/mol. The molecule has 0 saturated heterocycles. The highest BCUT2D eigenvalue weighted by Crippen LogP contribution is 2.09. The first-order valence-electron chi connectivity index (χ1n) is 9.20. The molecule has 0 unspecified atom stereocenters. The molecule has 0 spiro atoms. The van der Waals surface area contributed by atoms with Crippen molar-refractivity contribution >= 4 is 17.8 Å². The maximum Gasteiger partial charge on any atom is 0.336 e. The maximum absolute atomic E-state index is 10.4. The quantitative estimate of drug-likeness (QED) is 0.565. The fraction of sp³-hybridized carbons (Fsp3) is 0.550. The van der Waals surface area contributed by atoms with Crippen molar-refractivity contribution in [3.05, 3.63) is 35.4 Å². The van der Waals surface area contributed by atoms with E-state index in [9.17, 15) is 14.7 Å². The van der Waals surface area contributed by atoms with E-state index < -0.39 is 11.9 Å². The molecule has 6 nitrogen and oxygen atoms in total. The fourth-order valence-corrected chi connectivity index (χ4v) is 2.97. The van der Waals surface area contributed by atoms with Gasteiger partial charge in [0.15, 0.2) is 0 Å². The number of hydrogen-bond donors (Lipinski definition) is 1. The Bertz CT molecular complexity index is 607. The Labute approximate surface area is 155 Å².